The van der Waals surface area contributed by atoms with Gasteiger partial charge >= 0.3 is 0 Å². The fourth-order valence-electron chi connectivity index (χ4n) is 2.33. The van der Waals surface area contributed by atoms with Crippen LogP contribution in [0.4, 0.5) is 5.69 Å². The first-order valence-electron chi connectivity index (χ1n) is 7.32. The minimum Gasteiger partial charge on any atom is -0.380 e. The molecule has 1 aromatic rings. The monoisotopic (exact) mass is 296 g/mol. The summed E-state index contributed by atoms with van der Waals surface area (Å²) in [5, 5.41) is 4.35. The summed E-state index contributed by atoms with van der Waals surface area (Å²) in [4.78, 5) is 2.39. The molecule has 2 rings (SSSR count). The van der Waals surface area contributed by atoms with Gasteiger partial charge in [0.15, 0.2) is 0 Å². The molecule has 1 saturated heterocycles. The van der Waals surface area contributed by atoms with Gasteiger partial charge in [0.2, 0.25) is 0 Å². The Hall–Kier alpha value is -0.770. The molecule has 0 saturated carbocycles. The third-order valence-corrected chi connectivity index (χ3v) is 3.65. The van der Waals surface area contributed by atoms with E-state index in [-0.39, 0.29) is 5.54 Å². The minimum absolute atomic E-state index is 0.110. The van der Waals surface area contributed by atoms with Crippen LogP contribution in [0, 0.1) is 0 Å². The van der Waals surface area contributed by atoms with Gasteiger partial charge in [-0.1, -0.05) is 17.7 Å². The van der Waals surface area contributed by atoms with Crippen LogP contribution in [-0.2, 0) is 11.3 Å². The third kappa shape index (κ3) is 4.65. The molecule has 1 fully saturated rings. The quantitative estimate of drug-likeness (QED) is 0.924. The van der Waals surface area contributed by atoms with E-state index in [2.05, 4.69) is 43.1 Å². The highest BCUT2D eigenvalue weighted by Crippen LogP contribution is 2.26. The highest BCUT2D eigenvalue weighted by molar-refractivity contribution is 6.30. The van der Waals surface area contributed by atoms with E-state index in [4.69, 9.17) is 16.3 Å². The van der Waals surface area contributed by atoms with Gasteiger partial charge in [-0.2, -0.15) is 0 Å². The Bertz CT molecular complexity index is 435. The standard InChI is InChI=1S/C16H25ClN2O/c1-16(2,3)18-12-13-5-6-14(17)11-15(13)19-7-4-9-20-10-8-19/h5-6,11,18H,4,7-10,12H2,1-3H3. The third-order valence-electron chi connectivity index (χ3n) is 3.42. The fourth-order valence-corrected chi connectivity index (χ4v) is 2.49. The number of halogens is 1. The second kappa shape index (κ2) is 6.79. The Balaban J connectivity index is 2.18. The maximum atomic E-state index is 6.19. The summed E-state index contributed by atoms with van der Waals surface area (Å²) in [5.41, 5.74) is 2.64. The lowest BCUT2D eigenvalue weighted by molar-refractivity contribution is 0.152. The molecule has 1 aliphatic heterocycles. The summed E-state index contributed by atoms with van der Waals surface area (Å²) in [7, 11) is 0. The van der Waals surface area contributed by atoms with Crippen molar-refractivity contribution in [2.45, 2.75) is 39.3 Å². The highest BCUT2D eigenvalue weighted by Gasteiger charge is 2.16. The molecule has 112 valence electrons. The molecular weight excluding hydrogens is 272 g/mol. The largest absolute Gasteiger partial charge is 0.380 e. The van der Waals surface area contributed by atoms with Gasteiger partial charge < -0.3 is 15.0 Å². The topological polar surface area (TPSA) is 24.5 Å². The van der Waals surface area contributed by atoms with Gasteiger partial charge in [0.1, 0.15) is 0 Å². The molecule has 0 atom stereocenters. The van der Waals surface area contributed by atoms with Crippen LogP contribution >= 0.6 is 11.6 Å². The van der Waals surface area contributed by atoms with E-state index < -0.39 is 0 Å². The average molecular weight is 297 g/mol. The predicted octanol–water partition coefficient (Wildman–Crippen LogP) is 3.45. The van der Waals surface area contributed by atoms with Gasteiger partial charge in [0, 0.05) is 42.5 Å². The van der Waals surface area contributed by atoms with Gasteiger partial charge in [-0.25, -0.2) is 0 Å². The molecule has 0 radical (unpaired) electrons. The SMILES string of the molecule is CC(C)(C)NCc1ccc(Cl)cc1N1CCCOCC1. The number of benzene rings is 1. The molecule has 1 heterocycles. The van der Waals surface area contributed by atoms with Gasteiger partial charge in [-0.15, -0.1) is 0 Å². The lowest BCUT2D eigenvalue weighted by Crippen LogP contribution is -2.36. The van der Waals surface area contributed by atoms with E-state index in [1.165, 1.54) is 11.3 Å². The summed E-state index contributed by atoms with van der Waals surface area (Å²) < 4.78 is 5.54. The first-order chi connectivity index (χ1) is 9.46. The van der Waals surface area contributed by atoms with Crippen molar-refractivity contribution in [2.75, 3.05) is 31.2 Å². The van der Waals surface area contributed by atoms with Crippen molar-refractivity contribution in [2.24, 2.45) is 0 Å². The van der Waals surface area contributed by atoms with E-state index in [1.54, 1.807) is 0 Å². The normalized spacial score (nSPS) is 17.1. The van der Waals surface area contributed by atoms with Crippen LogP contribution in [0.1, 0.15) is 32.8 Å². The Morgan fingerprint density at radius 3 is 2.80 bits per heavy atom. The molecule has 0 spiro atoms. The van der Waals surface area contributed by atoms with Gasteiger partial charge in [0.25, 0.3) is 0 Å². The van der Waals surface area contributed by atoms with Crippen molar-refractivity contribution >= 4 is 17.3 Å². The second-order valence-corrected chi connectivity index (χ2v) is 6.77. The molecule has 1 aromatic carbocycles. The number of hydrogen-bond acceptors (Lipinski definition) is 3. The number of nitrogens with zero attached hydrogens (tertiary/aromatic N) is 1. The number of hydrogen-bond donors (Lipinski definition) is 1. The van der Waals surface area contributed by atoms with Crippen molar-refractivity contribution in [1.82, 2.24) is 5.32 Å². The predicted molar refractivity (Wildman–Crippen MR) is 85.7 cm³/mol. The molecule has 1 N–H and O–H groups in total. The van der Waals surface area contributed by atoms with Crippen LogP contribution in [0.15, 0.2) is 18.2 Å². The van der Waals surface area contributed by atoms with Crippen molar-refractivity contribution in [3.05, 3.63) is 28.8 Å². The zero-order valence-electron chi connectivity index (χ0n) is 12.7. The lowest BCUT2D eigenvalue weighted by atomic mass is 10.1. The Morgan fingerprint density at radius 2 is 2.05 bits per heavy atom. The maximum absolute atomic E-state index is 6.19. The molecule has 0 amide bonds. The fraction of sp³-hybridized carbons (Fsp3) is 0.625. The van der Waals surface area contributed by atoms with Crippen molar-refractivity contribution in [3.8, 4) is 0 Å². The van der Waals surface area contributed by atoms with Crippen molar-refractivity contribution < 1.29 is 4.74 Å². The van der Waals surface area contributed by atoms with E-state index >= 15 is 0 Å². The maximum Gasteiger partial charge on any atom is 0.0641 e. The van der Waals surface area contributed by atoms with Gasteiger partial charge in [-0.05, 0) is 44.9 Å². The van der Waals surface area contributed by atoms with Crippen molar-refractivity contribution in [3.63, 3.8) is 0 Å². The molecular formula is C16H25ClN2O. The van der Waals surface area contributed by atoms with Crippen LogP contribution in [-0.4, -0.2) is 31.8 Å². The molecule has 3 nitrogen and oxygen atoms in total. The summed E-state index contributed by atoms with van der Waals surface area (Å²) in [5.74, 6) is 0. The van der Waals surface area contributed by atoms with E-state index in [0.29, 0.717) is 0 Å². The molecule has 0 unspecified atom stereocenters. The second-order valence-electron chi connectivity index (χ2n) is 6.33. The van der Waals surface area contributed by atoms with Gasteiger partial charge in [0.05, 0.1) is 6.61 Å². The first-order valence-corrected chi connectivity index (χ1v) is 7.70. The van der Waals surface area contributed by atoms with E-state index in [9.17, 15) is 0 Å². The zero-order valence-corrected chi connectivity index (χ0v) is 13.5. The highest BCUT2D eigenvalue weighted by atomic mass is 35.5. The Labute approximate surface area is 127 Å². The first kappa shape index (κ1) is 15.6. The van der Waals surface area contributed by atoms with Crippen LogP contribution in [0.3, 0.4) is 0 Å². The summed E-state index contributed by atoms with van der Waals surface area (Å²) in [6.45, 7) is 11.0. The molecule has 20 heavy (non-hydrogen) atoms. The molecule has 4 heteroatoms. The lowest BCUT2D eigenvalue weighted by Gasteiger charge is -2.27. The van der Waals surface area contributed by atoms with Crippen LogP contribution < -0.4 is 10.2 Å². The van der Waals surface area contributed by atoms with Crippen molar-refractivity contribution in [1.29, 1.82) is 0 Å². The average Bonchev–Trinajstić information content (AvgIpc) is 2.65. The molecule has 1 aliphatic rings. The smallest absolute Gasteiger partial charge is 0.0641 e. The van der Waals surface area contributed by atoms with E-state index in [1.807, 2.05) is 6.07 Å². The van der Waals surface area contributed by atoms with Gasteiger partial charge in [-0.3, -0.25) is 0 Å². The summed E-state index contributed by atoms with van der Waals surface area (Å²) in [6, 6.07) is 6.17. The number of anilines is 1. The number of nitrogens with one attached hydrogen (secondary N) is 1. The summed E-state index contributed by atoms with van der Waals surface area (Å²) >= 11 is 6.19. The number of rotatable bonds is 3. The molecule has 0 aromatic heterocycles. The molecule has 0 bridgehead atoms. The molecule has 0 aliphatic carbocycles. The van der Waals surface area contributed by atoms with Crippen LogP contribution in [0.5, 0.6) is 0 Å². The Morgan fingerprint density at radius 1 is 1.25 bits per heavy atom. The minimum atomic E-state index is 0.110. The summed E-state index contributed by atoms with van der Waals surface area (Å²) in [6.07, 6.45) is 1.07. The Kier molecular flexibility index (Phi) is 5.30. The number of ether oxygens (including phenoxy) is 1. The van der Waals surface area contributed by atoms with E-state index in [0.717, 1.165) is 44.3 Å². The zero-order chi connectivity index (χ0) is 14.6. The van der Waals surface area contributed by atoms with Crippen LogP contribution in [0.2, 0.25) is 5.02 Å². The van der Waals surface area contributed by atoms with Crippen LogP contribution in [0.25, 0.3) is 0 Å².